The largest absolute Gasteiger partial charge is 0.378 e. The predicted octanol–water partition coefficient (Wildman–Crippen LogP) is 0.107. The third-order valence-electron chi connectivity index (χ3n) is 3.00. The van der Waals surface area contributed by atoms with Gasteiger partial charge in [0.25, 0.3) is 5.91 Å². The molecule has 5 nitrogen and oxygen atoms in total. The molecule has 1 aromatic heterocycles. The van der Waals surface area contributed by atoms with Gasteiger partial charge in [0.2, 0.25) is 0 Å². The number of hydrogen-bond donors (Lipinski definition) is 2. The molecular weight excluding hydrogens is 218 g/mol. The quantitative estimate of drug-likeness (QED) is 0.780. The molecule has 17 heavy (non-hydrogen) atoms. The Balaban J connectivity index is 2.04. The van der Waals surface area contributed by atoms with Crippen LogP contribution in [0.1, 0.15) is 16.1 Å². The maximum absolute atomic E-state index is 12.0. The molecule has 1 aliphatic heterocycles. The zero-order valence-corrected chi connectivity index (χ0v) is 10.1. The zero-order chi connectivity index (χ0) is 12.3. The number of amides is 1. The first-order valence-electron chi connectivity index (χ1n) is 5.68. The summed E-state index contributed by atoms with van der Waals surface area (Å²) in [5, 5.41) is 6.13. The van der Waals surface area contributed by atoms with Gasteiger partial charge in [-0.2, -0.15) is 0 Å². The molecule has 1 aliphatic rings. The molecule has 2 N–H and O–H groups in total. The molecule has 0 aromatic carbocycles. The molecule has 2 atom stereocenters. The number of hydrogen-bond acceptors (Lipinski definition) is 4. The van der Waals surface area contributed by atoms with E-state index in [9.17, 15) is 4.79 Å². The van der Waals surface area contributed by atoms with Crippen LogP contribution in [-0.2, 0) is 4.74 Å². The number of carbonyl (C=O) groups excluding carboxylic acids is 1. The van der Waals surface area contributed by atoms with Crippen molar-refractivity contribution in [3.8, 4) is 0 Å². The molecule has 92 valence electrons. The summed E-state index contributed by atoms with van der Waals surface area (Å²) in [6.45, 7) is 3.38. The van der Waals surface area contributed by atoms with Crippen LogP contribution in [0.3, 0.4) is 0 Å². The van der Waals surface area contributed by atoms with Gasteiger partial charge in [-0.1, -0.05) is 6.07 Å². The number of ether oxygens (including phenoxy) is 1. The number of rotatable bonds is 3. The molecule has 2 heterocycles. The van der Waals surface area contributed by atoms with Gasteiger partial charge in [0, 0.05) is 26.4 Å². The Labute approximate surface area is 101 Å². The van der Waals surface area contributed by atoms with Crippen LogP contribution in [0, 0.1) is 6.92 Å². The van der Waals surface area contributed by atoms with Crippen molar-refractivity contribution < 1.29 is 9.53 Å². The second kappa shape index (κ2) is 5.25. The number of nitrogens with zero attached hydrogens (tertiary/aromatic N) is 1. The third kappa shape index (κ3) is 2.62. The molecular formula is C12H17N3O2. The highest BCUT2D eigenvalue weighted by Gasteiger charge is 2.28. The number of aryl methyl sites for hydroxylation is 1. The van der Waals surface area contributed by atoms with Crippen molar-refractivity contribution >= 4 is 5.91 Å². The maximum atomic E-state index is 12.0. The van der Waals surface area contributed by atoms with E-state index in [1.165, 1.54) is 0 Å². The summed E-state index contributed by atoms with van der Waals surface area (Å²) in [6, 6.07) is 3.71. The van der Waals surface area contributed by atoms with E-state index in [-0.39, 0.29) is 18.1 Å². The van der Waals surface area contributed by atoms with Crippen molar-refractivity contribution in [3.63, 3.8) is 0 Å². The maximum Gasteiger partial charge on any atom is 0.270 e. The summed E-state index contributed by atoms with van der Waals surface area (Å²) >= 11 is 0. The van der Waals surface area contributed by atoms with E-state index in [1.54, 1.807) is 13.3 Å². The summed E-state index contributed by atoms with van der Waals surface area (Å²) in [7, 11) is 1.66. The first kappa shape index (κ1) is 12.0. The van der Waals surface area contributed by atoms with Gasteiger partial charge in [-0.15, -0.1) is 0 Å². The normalized spacial score (nSPS) is 23.6. The Morgan fingerprint density at radius 3 is 3.12 bits per heavy atom. The molecule has 0 radical (unpaired) electrons. The standard InChI is InChI=1S/C12H17N3O2/c1-8-4-3-5-14-11(8)12(16)15-9-6-13-7-10(9)17-2/h3-5,9-10,13H,6-7H2,1-2H3,(H,15,16)/t9?,10-/m0/s1. The van der Waals surface area contributed by atoms with Crippen LogP contribution in [0.15, 0.2) is 18.3 Å². The number of pyridine rings is 1. The summed E-state index contributed by atoms with van der Waals surface area (Å²) < 4.78 is 5.29. The number of carbonyl (C=O) groups is 1. The first-order chi connectivity index (χ1) is 8.22. The monoisotopic (exact) mass is 235 g/mol. The fourth-order valence-electron chi connectivity index (χ4n) is 2.01. The third-order valence-corrected chi connectivity index (χ3v) is 3.00. The van der Waals surface area contributed by atoms with Gasteiger partial charge in [0.15, 0.2) is 0 Å². The van der Waals surface area contributed by atoms with Crippen LogP contribution in [-0.4, -0.2) is 43.2 Å². The lowest BCUT2D eigenvalue weighted by atomic mass is 10.1. The predicted molar refractivity (Wildman–Crippen MR) is 63.9 cm³/mol. The van der Waals surface area contributed by atoms with E-state index in [0.29, 0.717) is 5.69 Å². The van der Waals surface area contributed by atoms with Crippen LogP contribution in [0.25, 0.3) is 0 Å². The highest BCUT2D eigenvalue weighted by molar-refractivity contribution is 5.93. The van der Waals surface area contributed by atoms with E-state index in [1.807, 2.05) is 19.1 Å². The lowest BCUT2D eigenvalue weighted by molar-refractivity contribution is 0.0776. The molecule has 0 saturated carbocycles. The Morgan fingerprint density at radius 1 is 1.59 bits per heavy atom. The van der Waals surface area contributed by atoms with E-state index in [0.717, 1.165) is 18.7 Å². The summed E-state index contributed by atoms with van der Waals surface area (Å²) in [6.07, 6.45) is 1.66. The molecule has 0 spiro atoms. The smallest absolute Gasteiger partial charge is 0.270 e. The first-order valence-corrected chi connectivity index (χ1v) is 5.68. The van der Waals surface area contributed by atoms with Crippen LogP contribution in [0.4, 0.5) is 0 Å². The Morgan fingerprint density at radius 2 is 2.41 bits per heavy atom. The van der Waals surface area contributed by atoms with Crippen LogP contribution in [0.2, 0.25) is 0 Å². The van der Waals surface area contributed by atoms with Gasteiger partial charge in [-0.3, -0.25) is 9.78 Å². The molecule has 1 amide bonds. The Bertz CT molecular complexity index is 408. The highest BCUT2D eigenvalue weighted by atomic mass is 16.5. The average molecular weight is 235 g/mol. The topological polar surface area (TPSA) is 63.2 Å². The Hall–Kier alpha value is -1.46. The van der Waals surface area contributed by atoms with Gasteiger partial charge < -0.3 is 15.4 Å². The minimum absolute atomic E-state index is 0.00825. The number of methoxy groups -OCH3 is 1. The average Bonchev–Trinajstić information content (AvgIpc) is 2.76. The molecule has 0 bridgehead atoms. The van der Waals surface area contributed by atoms with Gasteiger partial charge in [0.1, 0.15) is 5.69 Å². The summed E-state index contributed by atoms with van der Waals surface area (Å²) in [5.41, 5.74) is 1.36. The summed E-state index contributed by atoms with van der Waals surface area (Å²) in [5.74, 6) is -0.140. The van der Waals surface area contributed by atoms with Crippen LogP contribution >= 0.6 is 0 Å². The minimum Gasteiger partial charge on any atom is -0.378 e. The molecule has 1 aromatic rings. The van der Waals surface area contributed by atoms with Gasteiger partial charge in [-0.05, 0) is 18.6 Å². The molecule has 1 fully saturated rings. The number of aromatic nitrogens is 1. The van der Waals surface area contributed by atoms with E-state index < -0.39 is 0 Å². The highest BCUT2D eigenvalue weighted by Crippen LogP contribution is 2.07. The minimum atomic E-state index is -0.140. The molecule has 0 aliphatic carbocycles. The molecule has 1 saturated heterocycles. The van der Waals surface area contributed by atoms with Gasteiger partial charge in [-0.25, -0.2) is 0 Å². The second-order valence-electron chi connectivity index (χ2n) is 4.18. The van der Waals surface area contributed by atoms with E-state index in [2.05, 4.69) is 15.6 Å². The fraction of sp³-hybridized carbons (Fsp3) is 0.500. The van der Waals surface area contributed by atoms with Crippen molar-refractivity contribution in [2.75, 3.05) is 20.2 Å². The van der Waals surface area contributed by atoms with Crippen molar-refractivity contribution in [2.45, 2.75) is 19.1 Å². The van der Waals surface area contributed by atoms with Gasteiger partial charge >= 0.3 is 0 Å². The Kier molecular flexibility index (Phi) is 3.71. The zero-order valence-electron chi connectivity index (χ0n) is 10.1. The van der Waals surface area contributed by atoms with E-state index in [4.69, 9.17) is 4.74 Å². The van der Waals surface area contributed by atoms with Crippen LogP contribution in [0.5, 0.6) is 0 Å². The lowest BCUT2D eigenvalue weighted by Gasteiger charge is -2.18. The molecule has 1 unspecified atom stereocenters. The van der Waals surface area contributed by atoms with Crippen LogP contribution < -0.4 is 10.6 Å². The summed E-state index contributed by atoms with van der Waals surface area (Å²) in [4.78, 5) is 16.1. The number of nitrogens with one attached hydrogen (secondary N) is 2. The van der Waals surface area contributed by atoms with Crippen molar-refractivity contribution in [1.82, 2.24) is 15.6 Å². The van der Waals surface area contributed by atoms with Crippen molar-refractivity contribution in [2.24, 2.45) is 0 Å². The van der Waals surface area contributed by atoms with Crippen molar-refractivity contribution in [1.29, 1.82) is 0 Å². The van der Waals surface area contributed by atoms with Gasteiger partial charge in [0.05, 0.1) is 12.1 Å². The lowest BCUT2D eigenvalue weighted by Crippen LogP contribution is -2.44. The fourth-order valence-corrected chi connectivity index (χ4v) is 2.01. The second-order valence-corrected chi connectivity index (χ2v) is 4.18. The molecule has 5 heteroatoms. The molecule has 2 rings (SSSR count). The van der Waals surface area contributed by atoms with Crippen molar-refractivity contribution in [3.05, 3.63) is 29.6 Å². The van der Waals surface area contributed by atoms with E-state index >= 15 is 0 Å². The SMILES string of the molecule is CO[C@H]1CNCC1NC(=O)c1ncccc1C.